The Morgan fingerprint density at radius 3 is 2.78 bits per heavy atom. The molecule has 0 saturated heterocycles. The van der Waals surface area contributed by atoms with Crippen LogP contribution in [0.4, 0.5) is 5.69 Å². The lowest BCUT2D eigenvalue weighted by atomic mass is 10.2. The van der Waals surface area contributed by atoms with Gasteiger partial charge in [0.15, 0.2) is 5.16 Å². The molecule has 0 bridgehead atoms. The quantitative estimate of drug-likeness (QED) is 0.554. The summed E-state index contributed by atoms with van der Waals surface area (Å²) in [6.45, 7) is 2.09. The largest absolute Gasteiger partial charge is 0.325 e. The third kappa shape index (κ3) is 6.19. The lowest BCUT2D eigenvalue weighted by molar-refractivity contribution is -0.113. The number of nitrogens with zero attached hydrogens (tertiary/aromatic N) is 1. The summed E-state index contributed by atoms with van der Waals surface area (Å²) in [5.41, 5.74) is 1.32. The van der Waals surface area contributed by atoms with Crippen molar-refractivity contribution in [3.05, 3.63) is 50.9 Å². The highest BCUT2D eigenvalue weighted by Gasteiger charge is 2.07. The van der Waals surface area contributed by atoms with Gasteiger partial charge in [-0.25, -0.2) is 4.98 Å². The summed E-state index contributed by atoms with van der Waals surface area (Å²) in [4.78, 5) is 30.6. The van der Waals surface area contributed by atoms with Crippen LogP contribution in [0.25, 0.3) is 0 Å². The maximum Gasteiger partial charge on any atom is 0.251 e. The van der Waals surface area contributed by atoms with Gasteiger partial charge in [-0.05, 0) is 37.1 Å². The van der Waals surface area contributed by atoms with Gasteiger partial charge in [0.25, 0.3) is 5.56 Å². The van der Waals surface area contributed by atoms with Crippen LogP contribution in [-0.4, -0.2) is 21.6 Å². The number of aryl methyl sites for hydroxylation is 1. The van der Waals surface area contributed by atoms with Crippen molar-refractivity contribution in [2.24, 2.45) is 0 Å². The van der Waals surface area contributed by atoms with Gasteiger partial charge in [-0.15, -0.1) is 0 Å². The maximum absolute atomic E-state index is 11.9. The number of halogens is 1. The van der Waals surface area contributed by atoms with Gasteiger partial charge in [0.1, 0.15) is 0 Å². The number of aromatic nitrogens is 2. The number of carbonyl (C=O) groups is 1. The molecular formula is C16H18BrN3O2S. The number of benzene rings is 1. The minimum atomic E-state index is -0.179. The molecule has 0 aliphatic rings. The average Bonchev–Trinajstić information content (AvgIpc) is 2.53. The molecule has 1 heterocycles. The standard InChI is InChI=1S/C16H18BrN3O2S/c1-2-3-4-13-9-14(21)20-16(19-13)23-10-15(22)18-12-7-5-11(17)6-8-12/h5-9H,2-4,10H2,1H3,(H,18,22)(H,19,20,21). The van der Waals surface area contributed by atoms with Crippen molar-refractivity contribution in [3.63, 3.8) is 0 Å². The minimum absolute atomic E-state index is 0.140. The lowest BCUT2D eigenvalue weighted by Gasteiger charge is -2.06. The first-order valence-corrected chi connectivity index (χ1v) is 9.13. The zero-order chi connectivity index (χ0) is 16.7. The Kier molecular flexibility index (Phi) is 6.85. The first kappa shape index (κ1) is 17.7. The highest BCUT2D eigenvalue weighted by atomic mass is 79.9. The fourth-order valence-electron chi connectivity index (χ4n) is 1.90. The zero-order valence-corrected chi connectivity index (χ0v) is 15.2. The van der Waals surface area contributed by atoms with Crippen LogP contribution < -0.4 is 10.9 Å². The normalized spacial score (nSPS) is 10.5. The molecule has 0 radical (unpaired) electrons. The second-order valence-electron chi connectivity index (χ2n) is 4.99. The molecule has 0 saturated carbocycles. The van der Waals surface area contributed by atoms with Gasteiger partial charge < -0.3 is 10.3 Å². The number of thioether (sulfide) groups is 1. The number of hydrogen-bond acceptors (Lipinski definition) is 4. The summed E-state index contributed by atoms with van der Waals surface area (Å²) in [7, 11) is 0. The van der Waals surface area contributed by atoms with E-state index in [-0.39, 0.29) is 17.2 Å². The summed E-state index contributed by atoms with van der Waals surface area (Å²) in [5, 5.41) is 3.28. The number of rotatable bonds is 7. The van der Waals surface area contributed by atoms with E-state index in [9.17, 15) is 9.59 Å². The molecule has 2 aromatic rings. The highest BCUT2D eigenvalue weighted by Crippen LogP contribution is 2.16. The fourth-order valence-corrected chi connectivity index (χ4v) is 2.86. The van der Waals surface area contributed by atoms with Gasteiger partial charge >= 0.3 is 0 Å². The van der Waals surface area contributed by atoms with Crippen LogP contribution in [-0.2, 0) is 11.2 Å². The van der Waals surface area contributed by atoms with Crippen molar-refractivity contribution in [1.29, 1.82) is 0 Å². The predicted molar refractivity (Wildman–Crippen MR) is 97.0 cm³/mol. The summed E-state index contributed by atoms with van der Waals surface area (Å²) in [6.07, 6.45) is 2.82. The van der Waals surface area contributed by atoms with Gasteiger partial charge in [-0.1, -0.05) is 41.0 Å². The molecular weight excluding hydrogens is 378 g/mol. The molecule has 1 amide bonds. The third-order valence-corrected chi connectivity index (χ3v) is 4.43. The number of amides is 1. The third-order valence-electron chi connectivity index (χ3n) is 3.03. The Balaban J connectivity index is 1.91. The Morgan fingerprint density at radius 2 is 2.09 bits per heavy atom. The van der Waals surface area contributed by atoms with Gasteiger partial charge in [0.05, 0.1) is 5.75 Å². The van der Waals surface area contributed by atoms with E-state index in [1.807, 2.05) is 24.3 Å². The number of aromatic amines is 1. The molecule has 1 aromatic carbocycles. The van der Waals surface area contributed by atoms with E-state index in [0.29, 0.717) is 5.16 Å². The average molecular weight is 396 g/mol. The second kappa shape index (κ2) is 8.88. The number of hydrogen-bond donors (Lipinski definition) is 2. The molecule has 2 rings (SSSR count). The molecule has 0 atom stereocenters. The monoisotopic (exact) mass is 395 g/mol. The van der Waals surface area contributed by atoms with Gasteiger partial charge in [-0.2, -0.15) is 0 Å². The van der Waals surface area contributed by atoms with E-state index < -0.39 is 0 Å². The predicted octanol–water partition coefficient (Wildman–Crippen LogP) is 3.61. The Labute approximate surface area is 147 Å². The Bertz CT molecular complexity index is 716. The van der Waals surface area contributed by atoms with Crippen LogP contribution >= 0.6 is 27.7 Å². The summed E-state index contributed by atoms with van der Waals surface area (Å²) in [5.74, 6) is 0.0508. The molecule has 0 aliphatic heterocycles. The van der Waals surface area contributed by atoms with E-state index in [1.165, 1.54) is 17.8 Å². The first-order chi connectivity index (χ1) is 11.1. The number of unbranched alkanes of at least 4 members (excludes halogenated alkanes) is 1. The van der Waals surface area contributed by atoms with E-state index in [2.05, 4.69) is 38.1 Å². The van der Waals surface area contributed by atoms with Crippen molar-refractivity contribution in [2.45, 2.75) is 31.3 Å². The topological polar surface area (TPSA) is 74.8 Å². The van der Waals surface area contributed by atoms with Crippen LogP contribution in [0.3, 0.4) is 0 Å². The molecule has 7 heteroatoms. The molecule has 0 fully saturated rings. The minimum Gasteiger partial charge on any atom is -0.325 e. The second-order valence-corrected chi connectivity index (χ2v) is 6.87. The molecule has 0 unspecified atom stereocenters. The van der Waals surface area contributed by atoms with Crippen LogP contribution in [0.2, 0.25) is 0 Å². The molecule has 1 aromatic heterocycles. The van der Waals surface area contributed by atoms with E-state index in [1.54, 1.807) is 0 Å². The van der Waals surface area contributed by atoms with Crippen molar-refractivity contribution < 1.29 is 4.79 Å². The van der Waals surface area contributed by atoms with Crippen LogP contribution in [0.5, 0.6) is 0 Å². The molecule has 2 N–H and O–H groups in total. The van der Waals surface area contributed by atoms with Crippen molar-refractivity contribution >= 4 is 39.3 Å². The molecule has 0 spiro atoms. The van der Waals surface area contributed by atoms with E-state index >= 15 is 0 Å². The number of carbonyl (C=O) groups excluding carboxylic acids is 1. The highest BCUT2D eigenvalue weighted by molar-refractivity contribution is 9.10. The summed E-state index contributed by atoms with van der Waals surface area (Å²) in [6, 6.07) is 8.87. The van der Waals surface area contributed by atoms with Gasteiger partial charge in [0, 0.05) is 21.9 Å². The van der Waals surface area contributed by atoms with Crippen molar-refractivity contribution in [1.82, 2.24) is 9.97 Å². The molecule has 23 heavy (non-hydrogen) atoms. The van der Waals surface area contributed by atoms with E-state index in [0.717, 1.165) is 35.1 Å². The molecule has 0 aliphatic carbocycles. The van der Waals surface area contributed by atoms with Crippen molar-refractivity contribution in [2.75, 3.05) is 11.1 Å². The molecule has 5 nitrogen and oxygen atoms in total. The molecule has 122 valence electrons. The van der Waals surface area contributed by atoms with Crippen molar-refractivity contribution in [3.8, 4) is 0 Å². The Morgan fingerprint density at radius 1 is 1.35 bits per heavy atom. The fraction of sp³-hybridized carbons (Fsp3) is 0.312. The summed E-state index contributed by atoms with van der Waals surface area (Å²) >= 11 is 4.57. The van der Waals surface area contributed by atoms with Crippen LogP contribution in [0, 0.1) is 0 Å². The number of anilines is 1. The maximum atomic E-state index is 11.9. The first-order valence-electron chi connectivity index (χ1n) is 7.35. The number of H-pyrrole nitrogens is 1. The lowest BCUT2D eigenvalue weighted by Crippen LogP contribution is -2.15. The van der Waals surface area contributed by atoms with Gasteiger partial charge in [-0.3, -0.25) is 9.59 Å². The number of nitrogens with one attached hydrogen (secondary N) is 2. The Hall–Kier alpha value is -1.60. The SMILES string of the molecule is CCCCc1cc(=O)[nH]c(SCC(=O)Nc2ccc(Br)cc2)n1. The smallest absolute Gasteiger partial charge is 0.251 e. The summed E-state index contributed by atoms with van der Waals surface area (Å²) < 4.78 is 0.954. The zero-order valence-electron chi connectivity index (χ0n) is 12.8. The van der Waals surface area contributed by atoms with E-state index in [4.69, 9.17) is 0 Å². The van der Waals surface area contributed by atoms with Gasteiger partial charge in [0.2, 0.25) is 5.91 Å². The van der Waals surface area contributed by atoms with Crippen LogP contribution in [0.1, 0.15) is 25.5 Å². The van der Waals surface area contributed by atoms with Crippen LogP contribution in [0.15, 0.2) is 44.8 Å².